The Bertz CT molecular complexity index is 917. The molecule has 2 aromatic rings. The lowest BCUT2D eigenvalue weighted by molar-refractivity contribution is -0.136. The van der Waals surface area contributed by atoms with Gasteiger partial charge in [0, 0.05) is 29.5 Å². The van der Waals surface area contributed by atoms with E-state index in [4.69, 9.17) is 21.1 Å². The van der Waals surface area contributed by atoms with Gasteiger partial charge >= 0.3 is 0 Å². The van der Waals surface area contributed by atoms with Crippen LogP contribution in [0.2, 0.25) is 5.02 Å². The van der Waals surface area contributed by atoms with Crippen LogP contribution in [-0.4, -0.2) is 72.9 Å². The number of carbonyl (C=O) groups is 1. The predicted octanol–water partition coefficient (Wildman–Crippen LogP) is 3.96. The predicted molar refractivity (Wildman–Crippen MR) is 133 cm³/mol. The Morgan fingerprint density at radius 3 is 2.82 bits per heavy atom. The number of amides is 1. The zero-order valence-corrected chi connectivity index (χ0v) is 20.3. The number of benzene rings is 1. The van der Waals surface area contributed by atoms with E-state index in [2.05, 4.69) is 24.6 Å². The molecule has 2 heterocycles. The van der Waals surface area contributed by atoms with Gasteiger partial charge in [0.2, 0.25) is 5.91 Å². The van der Waals surface area contributed by atoms with Crippen molar-refractivity contribution in [2.75, 3.05) is 46.0 Å². The van der Waals surface area contributed by atoms with Crippen LogP contribution in [0.5, 0.6) is 5.75 Å². The summed E-state index contributed by atoms with van der Waals surface area (Å²) in [7, 11) is 0. The van der Waals surface area contributed by atoms with E-state index in [1.807, 2.05) is 21.9 Å². The molecule has 0 bridgehead atoms. The number of aliphatic hydroxyl groups excluding tert-OH is 1. The Kier molecular flexibility index (Phi) is 9.96. The van der Waals surface area contributed by atoms with E-state index in [1.165, 1.54) is 4.88 Å². The summed E-state index contributed by atoms with van der Waals surface area (Å²) in [4.78, 5) is 18.4. The highest BCUT2D eigenvalue weighted by atomic mass is 35.5. The average Bonchev–Trinajstić information content (AvgIpc) is 3.28. The lowest BCUT2D eigenvalue weighted by Crippen LogP contribution is -2.48. The van der Waals surface area contributed by atoms with Crippen molar-refractivity contribution in [1.29, 1.82) is 0 Å². The number of hydrogen-bond donors (Lipinski definition) is 1. The van der Waals surface area contributed by atoms with Crippen molar-refractivity contribution in [1.82, 2.24) is 9.80 Å². The highest BCUT2D eigenvalue weighted by molar-refractivity contribution is 7.10. The van der Waals surface area contributed by atoms with Crippen LogP contribution < -0.4 is 4.74 Å². The zero-order chi connectivity index (χ0) is 23.6. The molecule has 1 aliphatic heterocycles. The van der Waals surface area contributed by atoms with Crippen LogP contribution >= 0.6 is 22.9 Å². The van der Waals surface area contributed by atoms with E-state index in [0.717, 1.165) is 12.0 Å². The van der Waals surface area contributed by atoms with Gasteiger partial charge in [-0.1, -0.05) is 23.8 Å². The quantitative estimate of drug-likeness (QED) is 0.340. The molecule has 33 heavy (non-hydrogen) atoms. The molecule has 0 saturated carbocycles. The third-order valence-corrected chi connectivity index (χ3v) is 6.65. The van der Waals surface area contributed by atoms with Gasteiger partial charge in [-0.15, -0.1) is 24.5 Å². The molecular formula is C25H31ClN2O4S. The molecule has 3 rings (SSSR count). The van der Waals surface area contributed by atoms with E-state index < -0.39 is 6.10 Å². The second-order valence-electron chi connectivity index (χ2n) is 7.88. The molecule has 6 nitrogen and oxygen atoms in total. The number of ether oxygens (including phenoxy) is 2. The molecule has 1 aromatic carbocycles. The minimum Gasteiger partial charge on any atom is -0.491 e. The van der Waals surface area contributed by atoms with Crippen LogP contribution in [0, 0.1) is 0 Å². The largest absolute Gasteiger partial charge is 0.491 e. The van der Waals surface area contributed by atoms with Crippen LogP contribution in [-0.2, 0) is 16.0 Å². The molecule has 1 amide bonds. The maximum Gasteiger partial charge on any atom is 0.237 e. The van der Waals surface area contributed by atoms with Gasteiger partial charge in [-0.05, 0) is 47.7 Å². The summed E-state index contributed by atoms with van der Waals surface area (Å²) in [6.45, 7) is 9.94. The van der Waals surface area contributed by atoms with Crippen molar-refractivity contribution in [2.45, 2.75) is 18.6 Å². The Balaban J connectivity index is 1.67. The molecule has 0 spiro atoms. The minimum absolute atomic E-state index is 0.00221. The normalized spacial score (nSPS) is 16.3. The Labute approximate surface area is 204 Å². The number of aliphatic hydroxyl groups is 1. The van der Waals surface area contributed by atoms with Gasteiger partial charge in [0.25, 0.3) is 0 Å². The molecule has 8 heteroatoms. The first-order chi connectivity index (χ1) is 16.0. The number of hydrogen-bond acceptors (Lipinski definition) is 6. The van der Waals surface area contributed by atoms with Crippen molar-refractivity contribution in [3.8, 4) is 5.75 Å². The van der Waals surface area contributed by atoms with Crippen molar-refractivity contribution in [3.05, 3.63) is 76.5 Å². The molecule has 0 saturated heterocycles. The van der Waals surface area contributed by atoms with Gasteiger partial charge in [0.05, 0.1) is 31.9 Å². The van der Waals surface area contributed by atoms with Crippen LogP contribution in [0.4, 0.5) is 0 Å². The van der Waals surface area contributed by atoms with Crippen molar-refractivity contribution < 1.29 is 19.4 Å². The first-order valence-electron chi connectivity index (χ1n) is 11.0. The summed E-state index contributed by atoms with van der Waals surface area (Å²) in [5, 5.41) is 13.0. The van der Waals surface area contributed by atoms with Crippen LogP contribution in [0.1, 0.15) is 16.5 Å². The Morgan fingerprint density at radius 1 is 1.30 bits per heavy atom. The van der Waals surface area contributed by atoms with E-state index in [-0.39, 0.29) is 25.1 Å². The van der Waals surface area contributed by atoms with Gasteiger partial charge in [-0.25, -0.2) is 0 Å². The molecule has 2 atom stereocenters. The fourth-order valence-electron chi connectivity index (χ4n) is 3.89. The molecule has 0 radical (unpaired) electrons. The van der Waals surface area contributed by atoms with Crippen LogP contribution in [0.15, 0.2) is 61.0 Å². The van der Waals surface area contributed by atoms with Crippen molar-refractivity contribution >= 4 is 28.8 Å². The average molecular weight is 491 g/mol. The lowest BCUT2D eigenvalue weighted by Gasteiger charge is -2.37. The van der Waals surface area contributed by atoms with E-state index in [1.54, 1.807) is 35.6 Å². The second-order valence-corrected chi connectivity index (χ2v) is 9.32. The summed E-state index contributed by atoms with van der Waals surface area (Å²) in [5.74, 6) is 0.711. The first-order valence-corrected chi connectivity index (χ1v) is 12.2. The Hall–Kier alpha value is -2.16. The van der Waals surface area contributed by atoms with Crippen molar-refractivity contribution in [2.24, 2.45) is 0 Å². The standard InChI is InChI=1S/C25H31ClN2O4S/c1-3-11-27(15-20(29)17-31-13-4-2)16-25(30)28-12-9-24-22(10-14-33-24)23(28)18-32-21-7-5-19(26)6-8-21/h3-8,10,14,20,23,29H,1-2,9,11-13,15-18H2/t20-,23+/m1/s1. The summed E-state index contributed by atoms with van der Waals surface area (Å²) in [6, 6.07) is 9.13. The fourth-order valence-corrected chi connectivity index (χ4v) is 4.94. The summed E-state index contributed by atoms with van der Waals surface area (Å²) in [5.41, 5.74) is 1.14. The van der Waals surface area contributed by atoms with E-state index in [0.29, 0.717) is 43.6 Å². The zero-order valence-electron chi connectivity index (χ0n) is 18.7. The molecule has 1 aromatic heterocycles. The number of halogens is 1. The lowest BCUT2D eigenvalue weighted by atomic mass is 10.0. The van der Waals surface area contributed by atoms with E-state index in [9.17, 15) is 9.90 Å². The first kappa shape index (κ1) is 25.5. The van der Waals surface area contributed by atoms with Gasteiger partial charge in [-0.2, -0.15) is 0 Å². The topological polar surface area (TPSA) is 62.2 Å². The molecule has 1 aliphatic rings. The van der Waals surface area contributed by atoms with Gasteiger partial charge in [0.1, 0.15) is 12.4 Å². The molecule has 178 valence electrons. The third kappa shape index (κ3) is 7.42. The number of nitrogens with zero attached hydrogens (tertiary/aromatic N) is 2. The maximum atomic E-state index is 13.4. The van der Waals surface area contributed by atoms with Gasteiger partial charge in [-0.3, -0.25) is 9.69 Å². The van der Waals surface area contributed by atoms with Gasteiger partial charge < -0.3 is 19.5 Å². The highest BCUT2D eigenvalue weighted by Crippen LogP contribution is 2.34. The number of rotatable bonds is 13. The van der Waals surface area contributed by atoms with Crippen LogP contribution in [0.3, 0.4) is 0 Å². The minimum atomic E-state index is -0.702. The number of thiophene rings is 1. The fraction of sp³-hybridized carbons (Fsp3) is 0.400. The molecule has 1 N–H and O–H groups in total. The highest BCUT2D eigenvalue weighted by Gasteiger charge is 2.33. The summed E-state index contributed by atoms with van der Waals surface area (Å²) in [6.07, 6.45) is 3.50. The monoisotopic (exact) mass is 490 g/mol. The SMILES string of the molecule is C=CCOC[C@H](O)CN(CC=C)CC(=O)N1CCc2sccc2[C@@H]1COc1ccc(Cl)cc1. The smallest absolute Gasteiger partial charge is 0.237 e. The summed E-state index contributed by atoms with van der Waals surface area (Å²) >= 11 is 7.69. The number of fused-ring (bicyclic) bond motifs is 1. The third-order valence-electron chi connectivity index (χ3n) is 5.40. The molecule has 0 fully saturated rings. The maximum absolute atomic E-state index is 13.4. The van der Waals surface area contributed by atoms with Gasteiger partial charge in [0.15, 0.2) is 0 Å². The molecular weight excluding hydrogens is 460 g/mol. The summed E-state index contributed by atoms with van der Waals surface area (Å²) < 4.78 is 11.4. The van der Waals surface area contributed by atoms with Crippen LogP contribution in [0.25, 0.3) is 0 Å². The molecule has 0 aliphatic carbocycles. The molecule has 0 unspecified atom stereocenters. The van der Waals surface area contributed by atoms with Crippen molar-refractivity contribution in [3.63, 3.8) is 0 Å². The number of carbonyl (C=O) groups excluding carboxylic acids is 1. The second kappa shape index (κ2) is 12.9. The van der Waals surface area contributed by atoms with E-state index >= 15 is 0 Å². The Morgan fingerprint density at radius 2 is 2.09 bits per heavy atom.